The Morgan fingerprint density at radius 1 is 1.40 bits per heavy atom. The predicted molar refractivity (Wildman–Crippen MR) is 76.1 cm³/mol. The number of anilines is 1. The van der Waals surface area contributed by atoms with Crippen LogP contribution in [0.25, 0.3) is 0 Å². The number of aromatic carboxylic acids is 1. The molecule has 0 unspecified atom stereocenters. The molecule has 0 aliphatic rings. The van der Waals surface area contributed by atoms with Crippen molar-refractivity contribution in [2.75, 3.05) is 5.32 Å². The van der Waals surface area contributed by atoms with Crippen LogP contribution in [0.15, 0.2) is 30.5 Å². The molecule has 20 heavy (non-hydrogen) atoms. The maximum atomic E-state index is 11.7. The maximum absolute atomic E-state index is 11.7. The Morgan fingerprint density at radius 2 is 2.20 bits per heavy atom. The summed E-state index contributed by atoms with van der Waals surface area (Å²) < 4.78 is 0. The van der Waals surface area contributed by atoms with Crippen molar-refractivity contribution in [3.63, 3.8) is 0 Å². The van der Waals surface area contributed by atoms with E-state index in [9.17, 15) is 9.59 Å². The van der Waals surface area contributed by atoms with Gasteiger partial charge in [0, 0.05) is 16.8 Å². The van der Waals surface area contributed by atoms with E-state index in [0.717, 1.165) is 9.88 Å². The van der Waals surface area contributed by atoms with Gasteiger partial charge < -0.3 is 15.7 Å². The first-order chi connectivity index (χ1) is 9.54. The summed E-state index contributed by atoms with van der Waals surface area (Å²) in [5, 5.41) is 15.1. The van der Waals surface area contributed by atoms with Crippen molar-refractivity contribution < 1.29 is 14.7 Å². The molecule has 0 atom stereocenters. The highest BCUT2D eigenvalue weighted by Crippen LogP contribution is 2.12. The van der Waals surface area contributed by atoms with Gasteiger partial charge in [0.15, 0.2) is 0 Å². The molecule has 104 valence electrons. The number of thiazole rings is 1. The molecule has 2 amide bonds. The van der Waals surface area contributed by atoms with Crippen molar-refractivity contribution in [3.8, 4) is 0 Å². The van der Waals surface area contributed by atoms with Crippen LogP contribution in [0.4, 0.5) is 10.5 Å². The minimum absolute atomic E-state index is 0.126. The average Bonchev–Trinajstić information content (AvgIpc) is 2.82. The summed E-state index contributed by atoms with van der Waals surface area (Å²) >= 11 is 1.51. The number of aromatic nitrogens is 1. The number of urea groups is 1. The monoisotopic (exact) mass is 291 g/mol. The topological polar surface area (TPSA) is 91.3 Å². The van der Waals surface area contributed by atoms with Gasteiger partial charge in [0.25, 0.3) is 0 Å². The number of benzene rings is 1. The smallest absolute Gasteiger partial charge is 0.335 e. The molecule has 0 radical (unpaired) electrons. The molecule has 2 aromatic rings. The van der Waals surface area contributed by atoms with E-state index in [4.69, 9.17) is 5.11 Å². The highest BCUT2D eigenvalue weighted by Gasteiger charge is 2.06. The molecule has 0 aliphatic heterocycles. The van der Waals surface area contributed by atoms with E-state index in [1.807, 2.05) is 6.92 Å². The van der Waals surface area contributed by atoms with Gasteiger partial charge in [0.05, 0.1) is 17.1 Å². The molecular weight excluding hydrogens is 278 g/mol. The Hall–Kier alpha value is -2.41. The molecule has 0 bridgehead atoms. The quantitative estimate of drug-likeness (QED) is 0.807. The van der Waals surface area contributed by atoms with E-state index in [-0.39, 0.29) is 5.56 Å². The van der Waals surface area contributed by atoms with Gasteiger partial charge in [-0.2, -0.15) is 0 Å². The summed E-state index contributed by atoms with van der Waals surface area (Å²) in [5.74, 6) is -1.03. The standard InChI is InChI=1S/C13H13N3O3S/c1-8-14-6-11(20-8)7-15-13(19)16-10-4-2-3-9(5-10)12(17)18/h2-6H,7H2,1H3,(H,17,18)(H2,15,16,19). The molecular formula is C13H13N3O3S. The fourth-order valence-corrected chi connectivity index (χ4v) is 2.29. The largest absolute Gasteiger partial charge is 0.478 e. The lowest BCUT2D eigenvalue weighted by atomic mass is 10.2. The number of amides is 2. The summed E-state index contributed by atoms with van der Waals surface area (Å²) in [7, 11) is 0. The first-order valence-corrected chi connectivity index (χ1v) is 6.66. The molecule has 1 aromatic heterocycles. The summed E-state index contributed by atoms with van der Waals surface area (Å²) in [6.45, 7) is 2.28. The number of carboxylic acid groups (broad SMARTS) is 1. The van der Waals surface area contributed by atoms with Gasteiger partial charge in [0.2, 0.25) is 0 Å². The lowest BCUT2D eigenvalue weighted by Gasteiger charge is -2.07. The van der Waals surface area contributed by atoms with Gasteiger partial charge in [0.1, 0.15) is 0 Å². The van der Waals surface area contributed by atoms with Crippen molar-refractivity contribution in [1.29, 1.82) is 0 Å². The van der Waals surface area contributed by atoms with Crippen molar-refractivity contribution >= 4 is 29.0 Å². The first-order valence-electron chi connectivity index (χ1n) is 5.84. The minimum atomic E-state index is -1.03. The molecule has 0 saturated heterocycles. The van der Waals surface area contributed by atoms with Gasteiger partial charge in [-0.3, -0.25) is 0 Å². The average molecular weight is 291 g/mol. The Morgan fingerprint density at radius 3 is 2.85 bits per heavy atom. The number of carboxylic acids is 1. The fraction of sp³-hybridized carbons (Fsp3) is 0.154. The zero-order chi connectivity index (χ0) is 14.5. The third-order valence-electron chi connectivity index (χ3n) is 2.46. The second-order valence-corrected chi connectivity index (χ2v) is 5.36. The molecule has 1 heterocycles. The van der Waals surface area contributed by atoms with E-state index in [0.29, 0.717) is 12.2 Å². The molecule has 1 aromatic carbocycles. The number of hydrogen-bond donors (Lipinski definition) is 3. The van der Waals surface area contributed by atoms with E-state index >= 15 is 0 Å². The number of nitrogens with zero attached hydrogens (tertiary/aromatic N) is 1. The van der Waals surface area contributed by atoms with Crippen LogP contribution >= 0.6 is 11.3 Å². The Balaban J connectivity index is 1.91. The SMILES string of the molecule is Cc1ncc(CNC(=O)Nc2cccc(C(=O)O)c2)s1. The van der Waals surface area contributed by atoms with Gasteiger partial charge in [-0.15, -0.1) is 11.3 Å². The molecule has 3 N–H and O–H groups in total. The lowest BCUT2D eigenvalue weighted by molar-refractivity contribution is 0.0697. The van der Waals surface area contributed by atoms with Crippen LogP contribution < -0.4 is 10.6 Å². The van der Waals surface area contributed by atoms with Crippen molar-refractivity contribution in [2.24, 2.45) is 0 Å². The van der Waals surface area contributed by atoms with Crippen LogP contribution in [0.3, 0.4) is 0 Å². The van der Waals surface area contributed by atoms with E-state index in [1.54, 1.807) is 18.3 Å². The predicted octanol–water partition coefficient (Wildman–Crippen LogP) is 2.47. The van der Waals surface area contributed by atoms with Crippen LogP contribution in [0.2, 0.25) is 0 Å². The third kappa shape index (κ3) is 3.79. The van der Waals surface area contributed by atoms with Crippen LogP contribution in [-0.2, 0) is 6.54 Å². The number of aryl methyl sites for hydroxylation is 1. The molecule has 7 heteroatoms. The second-order valence-electron chi connectivity index (χ2n) is 4.04. The summed E-state index contributed by atoms with van der Waals surface area (Å²) in [4.78, 5) is 27.6. The van der Waals surface area contributed by atoms with E-state index < -0.39 is 12.0 Å². The lowest BCUT2D eigenvalue weighted by Crippen LogP contribution is -2.27. The maximum Gasteiger partial charge on any atom is 0.335 e. The first kappa shape index (κ1) is 14.0. The Bertz CT molecular complexity index is 639. The Labute approximate surface area is 119 Å². The van der Waals surface area contributed by atoms with Crippen molar-refractivity contribution in [1.82, 2.24) is 10.3 Å². The fourth-order valence-electron chi connectivity index (χ4n) is 1.56. The van der Waals surface area contributed by atoms with Gasteiger partial charge in [-0.05, 0) is 25.1 Å². The number of rotatable bonds is 4. The highest BCUT2D eigenvalue weighted by molar-refractivity contribution is 7.11. The molecule has 0 fully saturated rings. The van der Waals surface area contributed by atoms with E-state index in [2.05, 4.69) is 15.6 Å². The molecule has 0 spiro atoms. The number of nitrogens with one attached hydrogen (secondary N) is 2. The van der Waals surface area contributed by atoms with Crippen LogP contribution in [0.1, 0.15) is 20.2 Å². The molecule has 0 aliphatic carbocycles. The van der Waals surface area contributed by atoms with Gasteiger partial charge in [-0.1, -0.05) is 6.07 Å². The zero-order valence-electron chi connectivity index (χ0n) is 10.7. The number of hydrogen-bond acceptors (Lipinski definition) is 4. The molecule has 0 saturated carbocycles. The minimum Gasteiger partial charge on any atom is -0.478 e. The van der Waals surface area contributed by atoms with Crippen LogP contribution in [-0.4, -0.2) is 22.1 Å². The summed E-state index contributed by atoms with van der Waals surface area (Å²) in [6.07, 6.45) is 1.71. The van der Waals surface area contributed by atoms with Gasteiger partial charge >= 0.3 is 12.0 Å². The van der Waals surface area contributed by atoms with Gasteiger partial charge in [-0.25, -0.2) is 14.6 Å². The third-order valence-corrected chi connectivity index (χ3v) is 3.37. The molecule has 6 nitrogen and oxygen atoms in total. The summed E-state index contributed by atoms with van der Waals surface area (Å²) in [5.41, 5.74) is 0.559. The van der Waals surface area contributed by atoms with Crippen LogP contribution in [0, 0.1) is 6.92 Å². The number of carbonyl (C=O) groups excluding carboxylic acids is 1. The van der Waals surface area contributed by atoms with Crippen LogP contribution in [0.5, 0.6) is 0 Å². The normalized spacial score (nSPS) is 10.1. The molecule has 2 rings (SSSR count). The van der Waals surface area contributed by atoms with E-state index in [1.165, 1.54) is 23.5 Å². The second kappa shape index (κ2) is 6.16. The van der Waals surface area contributed by atoms with Crippen molar-refractivity contribution in [2.45, 2.75) is 13.5 Å². The summed E-state index contributed by atoms with van der Waals surface area (Å²) in [6, 6.07) is 5.68. The van der Waals surface area contributed by atoms with Crippen molar-refractivity contribution in [3.05, 3.63) is 45.9 Å². The zero-order valence-corrected chi connectivity index (χ0v) is 11.5. The Kier molecular flexibility index (Phi) is 4.31. The highest BCUT2D eigenvalue weighted by atomic mass is 32.1. The number of carbonyl (C=O) groups is 2.